The Morgan fingerprint density at radius 1 is 1.14 bits per heavy atom. The number of aliphatic hydroxyl groups excluding tert-OH is 1. The fourth-order valence-corrected chi connectivity index (χ4v) is 2.29. The van der Waals surface area contributed by atoms with Crippen LogP contribution >= 0.6 is 0 Å². The molecule has 1 unspecified atom stereocenters. The molecule has 0 radical (unpaired) electrons. The van der Waals surface area contributed by atoms with Gasteiger partial charge in [-0.25, -0.2) is 4.39 Å². The number of nitrogens with two attached hydrogens (primary N) is 1. The molecule has 21 heavy (non-hydrogen) atoms. The first-order valence-electron chi connectivity index (χ1n) is 6.97. The van der Waals surface area contributed by atoms with Crippen LogP contribution in [0.15, 0.2) is 54.6 Å². The van der Waals surface area contributed by atoms with Crippen molar-refractivity contribution in [2.24, 2.45) is 5.73 Å². The van der Waals surface area contributed by atoms with E-state index in [0.717, 1.165) is 11.3 Å². The molecule has 0 heterocycles. The molecule has 0 amide bonds. The SMILES string of the molecule is CN(CCC(N)(CO)c1ccccc1)c1cccc(F)c1. The molecule has 1 atom stereocenters. The van der Waals surface area contributed by atoms with Gasteiger partial charge in [-0.15, -0.1) is 0 Å². The van der Waals surface area contributed by atoms with E-state index < -0.39 is 5.54 Å². The van der Waals surface area contributed by atoms with E-state index in [4.69, 9.17) is 5.73 Å². The minimum Gasteiger partial charge on any atom is -0.394 e. The zero-order chi connectivity index (χ0) is 15.3. The highest BCUT2D eigenvalue weighted by Gasteiger charge is 2.26. The average Bonchev–Trinajstić information content (AvgIpc) is 2.53. The molecule has 0 aliphatic heterocycles. The molecular weight excluding hydrogens is 267 g/mol. The second-order valence-electron chi connectivity index (χ2n) is 5.33. The second kappa shape index (κ2) is 6.70. The van der Waals surface area contributed by atoms with Crippen molar-refractivity contribution in [2.45, 2.75) is 12.0 Å². The van der Waals surface area contributed by atoms with E-state index >= 15 is 0 Å². The van der Waals surface area contributed by atoms with Crippen molar-refractivity contribution in [1.82, 2.24) is 0 Å². The summed E-state index contributed by atoms with van der Waals surface area (Å²) in [6.07, 6.45) is 0.570. The monoisotopic (exact) mass is 288 g/mol. The molecular formula is C17H21FN2O. The Morgan fingerprint density at radius 3 is 2.48 bits per heavy atom. The zero-order valence-electron chi connectivity index (χ0n) is 12.2. The molecule has 4 heteroatoms. The lowest BCUT2D eigenvalue weighted by molar-refractivity contribution is 0.189. The van der Waals surface area contributed by atoms with Crippen molar-refractivity contribution in [2.75, 3.05) is 25.1 Å². The van der Waals surface area contributed by atoms with E-state index in [1.807, 2.05) is 48.3 Å². The minimum absolute atomic E-state index is 0.131. The molecule has 2 aromatic rings. The van der Waals surface area contributed by atoms with Crippen molar-refractivity contribution < 1.29 is 9.50 Å². The first-order valence-corrected chi connectivity index (χ1v) is 6.97. The van der Waals surface area contributed by atoms with E-state index in [0.29, 0.717) is 13.0 Å². The van der Waals surface area contributed by atoms with Crippen LogP contribution in [0.3, 0.4) is 0 Å². The number of rotatable bonds is 6. The summed E-state index contributed by atoms with van der Waals surface area (Å²) >= 11 is 0. The molecule has 2 rings (SSSR count). The lowest BCUT2D eigenvalue weighted by Gasteiger charge is -2.30. The zero-order valence-corrected chi connectivity index (χ0v) is 12.2. The molecule has 0 bridgehead atoms. The number of hydrogen-bond acceptors (Lipinski definition) is 3. The molecule has 2 aromatic carbocycles. The predicted molar refractivity (Wildman–Crippen MR) is 83.7 cm³/mol. The summed E-state index contributed by atoms with van der Waals surface area (Å²) in [5.74, 6) is -0.261. The van der Waals surface area contributed by atoms with Gasteiger partial charge in [0, 0.05) is 19.3 Å². The minimum atomic E-state index is -0.789. The molecule has 3 nitrogen and oxygen atoms in total. The standard InChI is InChI=1S/C17H21FN2O/c1-20(16-9-5-8-15(18)12-16)11-10-17(19,13-21)14-6-3-2-4-7-14/h2-9,12,21H,10-11,13,19H2,1H3. The Hall–Kier alpha value is -1.91. The van der Waals surface area contributed by atoms with Gasteiger partial charge in [0.1, 0.15) is 5.82 Å². The van der Waals surface area contributed by atoms with Gasteiger partial charge in [-0.2, -0.15) is 0 Å². The van der Waals surface area contributed by atoms with Gasteiger partial charge in [-0.05, 0) is 30.2 Å². The van der Waals surface area contributed by atoms with Gasteiger partial charge in [0.2, 0.25) is 0 Å². The normalized spacial score (nSPS) is 13.7. The molecule has 0 aliphatic carbocycles. The fraction of sp³-hybridized carbons (Fsp3) is 0.294. The summed E-state index contributed by atoms with van der Waals surface area (Å²) in [6, 6.07) is 16.0. The summed E-state index contributed by atoms with van der Waals surface area (Å²) in [4.78, 5) is 1.93. The summed E-state index contributed by atoms with van der Waals surface area (Å²) in [5.41, 5.74) is 7.23. The summed E-state index contributed by atoms with van der Waals surface area (Å²) < 4.78 is 13.2. The van der Waals surface area contributed by atoms with Crippen LogP contribution in [0, 0.1) is 5.82 Å². The summed E-state index contributed by atoms with van der Waals surface area (Å²) in [6.45, 7) is 0.489. The Kier molecular flexibility index (Phi) is 4.94. The van der Waals surface area contributed by atoms with E-state index in [2.05, 4.69) is 0 Å². The number of halogens is 1. The van der Waals surface area contributed by atoms with Gasteiger partial charge in [0.05, 0.1) is 12.1 Å². The summed E-state index contributed by atoms with van der Waals surface area (Å²) in [7, 11) is 1.89. The average molecular weight is 288 g/mol. The third kappa shape index (κ3) is 3.80. The number of nitrogens with zero attached hydrogens (tertiary/aromatic N) is 1. The van der Waals surface area contributed by atoms with Gasteiger partial charge in [-0.3, -0.25) is 0 Å². The van der Waals surface area contributed by atoms with Gasteiger partial charge in [0.15, 0.2) is 0 Å². The maximum absolute atomic E-state index is 13.2. The van der Waals surface area contributed by atoms with Crippen molar-refractivity contribution in [3.05, 3.63) is 66.0 Å². The van der Waals surface area contributed by atoms with E-state index in [9.17, 15) is 9.50 Å². The molecule has 0 saturated carbocycles. The van der Waals surface area contributed by atoms with Crippen LogP contribution in [-0.4, -0.2) is 25.3 Å². The second-order valence-corrected chi connectivity index (χ2v) is 5.33. The Balaban J connectivity index is 2.06. The van der Waals surface area contributed by atoms with Crippen molar-refractivity contribution in [3.8, 4) is 0 Å². The lowest BCUT2D eigenvalue weighted by Crippen LogP contribution is -2.43. The maximum Gasteiger partial charge on any atom is 0.125 e. The fourth-order valence-electron chi connectivity index (χ4n) is 2.29. The largest absolute Gasteiger partial charge is 0.394 e. The van der Waals surface area contributed by atoms with Crippen LogP contribution in [0.1, 0.15) is 12.0 Å². The highest BCUT2D eigenvalue weighted by Crippen LogP contribution is 2.23. The van der Waals surface area contributed by atoms with Gasteiger partial charge in [-0.1, -0.05) is 36.4 Å². The molecule has 0 aliphatic rings. The maximum atomic E-state index is 13.2. The molecule has 112 valence electrons. The molecule has 0 aromatic heterocycles. The molecule has 3 N–H and O–H groups in total. The highest BCUT2D eigenvalue weighted by atomic mass is 19.1. The Morgan fingerprint density at radius 2 is 1.86 bits per heavy atom. The van der Waals surface area contributed by atoms with Gasteiger partial charge >= 0.3 is 0 Å². The first-order chi connectivity index (χ1) is 10.0. The molecule has 0 spiro atoms. The number of hydrogen-bond donors (Lipinski definition) is 2. The van der Waals surface area contributed by atoms with Crippen LogP contribution < -0.4 is 10.6 Å². The number of anilines is 1. The molecule has 0 saturated heterocycles. The van der Waals surface area contributed by atoms with Crippen LogP contribution in [0.2, 0.25) is 0 Å². The van der Waals surface area contributed by atoms with E-state index in [1.165, 1.54) is 12.1 Å². The van der Waals surface area contributed by atoms with Crippen LogP contribution in [-0.2, 0) is 5.54 Å². The third-order valence-electron chi connectivity index (χ3n) is 3.77. The lowest BCUT2D eigenvalue weighted by atomic mass is 9.88. The van der Waals surface area contributed by atoms with E-state index in [1.54, 1.807) is 6.07 Å². The highest BCUT2D eigenvalue weighted by molar-refractivity contribution is 5.45. The van der Waals surface area contributed by atoms with Crippen LogP contribution in [0.25, 0.3) is 0 Å². The predicted octanol–water partition coefficient (Wildman–Crippen LogP) is 2.50. The molecule has 0 fully saturated rings. The topological polar surface area (TPSA) is 49.5 Å². The smallest absolute Gasteiger partial charge is 0.125 e. The number of benzene rings is 2. The van der Waals surface area contributed by atoms with Gasteiger partial charge < -0.3 is 15.7 Å². The van der Waals surface area contributed by atoms with E-state index in [-0.39, 0.29) is 12.4 Å². The van der Waals surface area contributed by atoms with Crippen molar-refractivity contribution in [3.63, 3.8) is 0 Å². The summed E-state index contributed by atoms with van der Waals surface area (Å²) in [5, 5.41) is 9.66. The quantitative estimate of drug-likeness (QED) is 0.858. The van der Waals surface area contributed by atoms with Gasteiger partial charge in [0.25, 0.3) is 0 Å². The van der Waals surface area contributed by atoms with Crippen LogP contribution in [0.4, 0.5) is 10.1 Å². The number of aliphatic hydroxyl groups is 1. The Bertz CT molecular complexity index is 576. The van der Waals surface area contributed by atoms with Crippen molar-refractivity contribution >= 4 is 5.69 Å². The van der Waals surface area contributed by atoms with Crippen molar-refractivity contribution in [1.29, 1.82) is 0 Å². The first kappa shape index (κ1) is 15.5. The third-order valence-corrected chi connectivity index (χ3v) is 3.77. The Labute approximate surface area is 124 Å². The van der Waals surface area contributed by atoms with Crippen LogP contribution in [0.5, 0.6) is 0 Å².